The van der Waals surface area contributed by atoms with Crippen LogP contribution in [0.3, 0.4) is 0 Å². The number of aromatic nitrogens is 1. The van der Waals surface area contributed by atoms with Crippen LogP contribution in [0.2, 0.25) is 0 Å². The maximum atomic E-state index is 6.11. The first-order valence-corrected chi connectivity index (χ1v) is 8.58. The zero-order valence-corrected chi connectivity index (χ0v) is 14.7. The van der Waals surface area contributed by atoms with Crippen LogP contribution in [-0.2, 0) is 11.2 Å². The molecular formula is C18H30N4O. The van der Waals surface area contributed by atoms with Crippen LogP contribution in [0.25, 0.3) is 0 Å². The minimum absolute atomic E-state index is 0.148. The topological polar surface area (TPSA) is 72.5 Å². The molecule has 3 unspecified atom stereocenters. The largest absolute Gasteiger partial charge is 0.380 e. The number of guanidine groups is 1. The molecule has 5 heteroatoms. The fourth-order valence-electron chi connectivity index (χ4n) is 4.14. The molecule has 128 valence electrons. The molecule has 0 aliphatic heterocycles. The second-order valence-electron chi connectivity index (χ2n) is 6.42. The first-order chi connectivity index (χ1) is 11.1. The van der Waals surface area contributed by atoms with E-state index in [0.29, 0.717) is 24.5 Å². The van der Waals surface area contributed by atoms with E-state index >= 15 is 0 Å². The van der Waals surface area contributed by atoms with Gasteiger partial charge in [0.25, 0.3) is 0 Å². The third kappa shape index (κ3) is 3.50. The lowest BCUT2D eigenvalue weighted by Crippen LogP contribution is -2.70. The zero-order chi connectivity index (χ0) is 16.9. The molecule has 0 radical (unpaired) electrons. The summed E-state index contributed by atoms with van der Waals surface area (Å²) >= 11 is 0. The van der Waals surface area contributed by atoms with Gasteiger partial charge in [0.05, 0.1) is 6.10 Å². The molecule has 0 saturated heterocycles. The van der Waals surface area contributed by atoms with Gasteiger partial charge in [-0.25, -0.2) is 0 Å². The molecule has 1 saturated carbocycles. The third-order valence-electron chi connectivity index (χ3n) is 5.44. The summed E-state index contributed by atoms with van der Waals surface area (Å²) < 4.78 is 5.72. The maximum absolute atomic E-state index is 6.11. The Morgan fingerprint density at radius 1 is 1.39 bits per heavy atom. The second kappa shape index (κ2) is 7.77. The van der Waals surface area contributed by atoms with E-state index < -0.39 is 0 Å². The van der Waals surface area contributed by atoms with Crippen molar-refractivity contribution in [2.75, 3.05) is 13.7 Å². The summed E-state index contributed by atoms with van der Waals surface area (Å²) in [6.07, 6.45) is 5.04. The van der Waals surface area contributed by atoms with Crippen molar-refractivity contribution in [1.29, 1.82) is 0 Å². The van der Waals surface area contributed by atoms with E-state index in [0.717, 1.165) is 25.0 Å². The van der Waals surface area contributed by atoms with E-state index in [2.05, 4.69) is 36.1 Å². The smallest absolute Gasteiger partial charge is 0.188 e. The molecule has 23 heavy (non-hydrogen) atoms. The molecule has 5 nitrogen and oxygen atoms in total. The Kier molecular flexibility index (Phi) is 5.99. The lowest BCUT2D eigenvalue weighted by molar-refractivity contribution is -0.163. The van der Waals surface area contributed by atoms with Crippen LogP contribution in [-0.4, -0.2) is 36.7 Å². The van der Waals surface area contributed by atoms with E-state index in [-0.39, 0.29) is 11.5 Å². The van der Waals surface area contributed by atoms with E-state index in [1.54, 1.807) is 6.20 Å². The van der Waals surface area contributed by atoms with Crippen LogP contribution in [0.5, 0.6) is 0 Å². The fourth-order valence-corrected chi connectivity index (χ4v) is 4.14. The average molecular weight is 318 g/mol. The zero-order valence-electron chi connectivity index (χ0n) is 14.7. The van der Waals surface area contributed by atoms with Gasteiger partial charge in [-0.15, -0.1) is 0 Å². The Balaban J connectivity index is 1.93. The minimum Gasteiger partial charge on any atom is -0.380 e. The average Bonchev–Trinajstić information content (AvgIpc) is 2.58. The van der Waals surface area contributed by atoms with Crippen molar-refractivity contribution < 1.29 is 4.74 Å². The van der Waals surface area contributed by atoms with Gasteiger partial charge in [-0.1, -0.05) is 26.8 Å². The maximum Gasteiger partial charge on any atom is 0.188 e. The van der Waals surface area contributed by atoms with Crippen LogP contribution in [0.4, 0.5) is 0 Å². The van der Waals surface area contributed by atoms with Crippen molar-refractivity contribution in [2.45, 2.75) is 52.2 Å². The molecule has 1 aliphatic carbocycles. The van der Waals surface area contributed by atoms with Gasteiger partial charge in [0.1, 0.15) is 0 Å². The number of methoxy groups -OCH3 is 1. The van der Waals surface area contributed by atoms with Crippen LogP contribution < -0.4 is 11.1 Å². The van der Waals surface area contributed by atoms with Gasteiger partial charge < -0.3 is 15.8 Å². The van der Waals surface area contributed by atoms with Crippen molar-refractivity contribution in [2.24, 2.45) is 22.1 Å². The van der Waals surface area contributed by atoms with Crippen molar-refractivity contribution in [3.05, 3.63) is 30.1 Å². The Labute approximate surface area is 139 Å². The standard InChI is InChI=1S/C18H30N4O/c1-5-18(6-2)15(13(3)16(18)23-4)22-17(19)21-12-10-14-9-7-8-11-20-14/h7-9,11,13,15-16H,5-6,10,12H2,1-4H3,(H3,19,21,22). The summed E-state index contributed by atoms with van der Waals surface area (Å²) in [7, 11) is 1.81. The van der Waals surface area contributed by atoms with Crippen LogP contribution >= 0.6 is 0 Å². The van der Waals surface area contributed by atoms with Crippen LogP contribution in [0.15, 0.2) is 29.4 Å². The molecule has 2 rings (SSSR count). The number of ether oxygens (including phenoxy) is 1. The molecule has 3 atom stereocenters. The van der Waals surface area contributed by atoms with Crippen molar-refractivity contribution in [3.63, 3.8) is 0 Å². The molecule has 3 N–H and O–H groups in total. The molecule has 1 aromatic heterocycles. The van der Waals surface area contributed by atoms with E-state index in [1.165, 1.54) is 0 Å². The van der Waals surface area contributed by atoms with E-state index in [9.17, 15) is 0 Å². The lowest BCUT2D eigenvalue weighted by Gasteiger charge is -2.59. The van der Waals surface area contributed by atoms with Gasteiger partial charge in [0.2, 0.25) is 0 Å². The third-order valence-corrected chi connectivity index (χ3v) is 5.44. The van der Waals surface area contributed by atoms with Gasteiger partial charge >= 0.3 is 0 Å². The molecule has 0 aromatic carbocycles. The summed E-state index contributed by atoms with van der Waals surface area (Å²) in [5, 5.41) is 3.44. The summed E-state index contributed by atoms with van der Waals surface area (Å²) in [4.78, 5) is 8.76. The highest BCUT2D eigenvalue weighted by molar-refractivity contribution is 5.78. The summed E-state index contributed by atoms with van der Waals surface area (Å²) in [6, 6.07) is 6.24. The predicted octanol–water partition coefficient (Wildman–Crippen LogP) is 2.37. The van der Waals surface area contributed by atoms with Gasteiger partial charge in [-0.2, -0.15) is 0 Å². The molecule has 1 heterocycles. The number of pyridine rings is 1. The molecule has 0 bridgehead atoms. The normalized spacial score (nSPS) is 26.6. The minimum atomic E-state index is 0.148. The number of hydrogen-bond acceptors (Lipinski definition) is 3. The summed E-state index contributed by atoms with van der Waals surface area (Å²) in [5.41, 5.74) is 7.29. The molecular weight excluding hydrogens is 288 g/mol. The van der Waals surface area contributed by atoms with Crippen molar-refractivity contribution in [1.82, 2.24) is 10.3 Å². The number of nitrogens with two attached hydrogens (primary N) is 1. The predicted molar refractivity (Wildman–Crippen MR) is 94.3 cm³/mol. The molecule has 1 fully saturated rings. The summed E-state index contributed by atoms with van der Waals surface area (Å²) in [6.45, 7) is 7.32. The van der Waals surface area contributed by atoms with Crippen molar-refractivity contribution in [3.8, 4) is 0 Å². The number of hydrogen-bond donors (Lipinski definition) is 2. The van der Waals surface area contributed by atoms with Gasteiger partial charge in [-0.05, 0) is 25.0 Å². The molecule has 1 aliphatic rings. The highest BCUT2D eigenvalue weighted by Crippen LogP contribution is 2.52. The number of aliphatic imine (C=N–C) groups is 1. The monoisotopic (exact) mass is 318 g/mol. The summed E-state index contributed by atoms with van der Waals surface area (Å²) in [5.74, 6) is 0.961. The van der Waals surface area contributed by atoms with Gasteiger partial charge in [0, 0.05) is 49.3 Å². The SMILES string of the molecule is CCC1(CC)C(NC(N)=NCCc2ccccn2)C(C)C1OC. The fraction of sp³-hybridized carbons (Fsp3) is 0.667. The Morgan fingerprint density at radius 3 is 2.70 bits per heavy atom. The quantitative estimate of drug-likeness (QED) is 0.598. The number of nitrogens with one attached hydrogen (secondary N) is 1. The Morgan fingerprint density at radius 2 is 2.13 bits per heavy atom. The van der Waals surface area contributed by atoms with Gasteiger partial charge in [-0.3, -0.25) is 9.98 Å². The number of rotatable bonds is 7. The van der Waals surface area contributed by atoms with E-state index in [4.69, 9.17) is 10.5 Å². The Bertz CT molecular complexity index is 513. The Hall–Kier alpha value is -1.62. The number of nitrogens with zero attached hydrogens (tertiary/aromatic N) is 2. The van der Waals surface area contributed by atoms with Crippen LogP contribution in [0.1, 0.15) is 39.3 Å². The molecule has 0 spiro atoms. The first kappa shape index (κ1) is 17.7. The first-order valence-electron chi connectivity index (χ1n) is 8.58. The van der Waals surface area contributed by atoms with Crippen molar-refractivity contribution >= 4 is 5.96 Å². The molecule has 1 aromatic rings. The van der Waals surface area contributed by atoms with Gasteiger partial charge in [0.15, 0.2) is 5.96 Å². The lowest BCUT2D eigenvalue weighted by atomic mass is 9.53. The molecule has 0 amide bonds. The second-order valence-corrected chi connectivity index (χ2v) is 6.42. The highest BCUT2D eigenvalue weighted by atomic mass is 16.5. The van der Waals surface area contributed by atoms with E-state index in [1.807, 2.05) is 25.3 Å². The van der Waals surface area contributed by atoms with Crippen LogP contribution in [0, 0.1) is 11.3 Å². The highest BCUT2D eigenvalue weighted by Gasteiger charge is 2.58.